The minimum atomic E-state index is -1.72. The van der Waals surface area contributed by atoms with Crippen molar-refractivity contribution in [3.8, 4) is 0 Å². The van der Waals surface area contributed by atoms with Crippen molar-refractivity contribution < 1.29 is 27.9 Å². The molecule has 30 heavy (non-hydrogen) atoms. The molecule has 0 aromatic heterocycles. The van der Waals surface area contributed by atoms with Crippen molar-refractivity contribution >= 4 is 28.6 Å². The topological polar surface area (TPSA) is 71.1 Å². The summed E-state index contributed by atoms with van der Waals surface area (Å²) in [6.45, 7) is 13.3. The highest BCUT2D eigenvalue weighted by Gasteiger charge is 2.46. The van der Waals surface area contributed by atoms with Gasteiger partial charge in [0.25, 0.3) is 0 Å². The van der Waals surface area contributed by atoms with Crippen LogP contribution in [0, 0.1) is 11.8 Å². The maximum absolute atomic E-state index is 11.6. The van der Waals surface area contributed by atoms with Crippen LogP contribution in [0.25, 0.3) is 0 Å². The van der Waals surface area contributed by atoms with E-state index in [4.69, 9.17) is 18.3 Å². The van der Waals surface area contributed by atoms with E-state index in [0.717, 1.165) is 25.7 Å². The van der Waals surface area contributed by atoms with Crippen molar-refractivity contribution in [1.82, 2.24) is 0 Å². The summed E-state index contributed by atoms with van der Waals surface area (Å²) in [6, 6.07) is 0. The summed E-state index contributed by atoms with van der Waals surface area (Å²) >= 11 is 0. The first-order chi connectivity index (χ1) is 13.9. The predicted octanol–water partition coefficient (Wildman–Crippen LogP) is 4.92. The first-order valence-corrected chi connectivity index (χ1v) is 17.8. The summed E-state index contributed by atoms with van der Waals surface area (Å²) < 4.78 is 22.7. The Morgan fingerprint density at radius 3 is 1.87 bits per heavy atom. The fourth-order valence-corrected chi connectivity index (χ4v) is 6.49. The molecule has 8 heteroatoms. The first kappa shape index (κ1) is 27.1. The summed E-state index contributed by atoms with van der Waals surface area (Å²) in [7, 11) is -0.612. The molecular formula is C22H42O6Si2. The maximum atomic E-state index is 11.6. The average molecular weight is 459 g/mol. The molecule has 1 aliphatic rings. The van der Waals surface area contributed by atoms with E-state index in [2.05, 4.69) is 45.4 Å². The van der Waals surface area contributed by atoms with Crippen LogP contribution in [0.5, 0.6) is 0 Å². The molecule has 0 heterocycles. The number of carbonyl (C=O) groups excluding carboxylic acids is 2. The van der Waals surface area contributed by atoms with Gasteiger partial charge in [-0.1, -0.05) is 12.2 Å². The van der Waals surface area contributed by atoms with Crippen LogP contribution in [0.1, 0.15) is 38.5 Å². The SMILES string of the molecule is COC(=O)C/C=C/C[C@@H]1[C@@H](CCCC(=O)OC)[C@H](O[Si](C)(C)C)C[C@@H]1O[Si](C)(C)C. The molecule has 0 amide bonds. The van der Waals surface area contributed by atoms with Gasteiger partial charge in [-0.05, 0) is 76.8 Å². The fourth-order valence-electron chi connectivity index (χ4n) is 4.14. The monoisotopic (exact) mass is 458 g/mol. The van der Waals surface area contributed by atoms with Gasteiger partial charge in [-0.15, -0.1) is 0 Å². The van der Waals surface area contributed by atoms with E-state index < -0.39 is 16.6 Å². The lowest BCUT2D eigenvalue weighted by atomic mass is 9.86. The number of allylic oxidation sites excluding steroid dienone is 1. The molecule has 0 spiro atoms. The number of hydrogen-bond acceptors (Lipinski definition) is 6. The molecule has 4 atom stereocenters. The van der Waals surface area contributed by atoms with Gasteiger partial charge in [-0.25, -0.2) is 0 Å². The molecule has 1 aliphatic carbocycles. The van der Waals surface area contributed by atoms with E-state index in [9.17, 15) is 9.59 Å². The van der Waals surface area contributed by atoms with Gasteiger partial charge in [0, 0.05) is 6.42 Å². The molecular weight excluding hydrogens is 416 g/mol. The molecule has 0 aromatic rings. The van der Waals surface area contributed by atoms with Gasteiger partial charge in [-0.2, -0.15) is 0 Å². The summed E-state index contributed by atoms with van der Waals surface area (Å²) in [6.07, 6.45) is 8.38. The fraction of sp³-hybridized carbons (Fsp3) is 0.818. The molecule has 0 aliphatic heterocycles. The van der Waals surface area contributed by atoms with Gasteiger partial charge >= 0.3 is 11.9 Å². The Hall–Kier alpha value is -0.966. The van der Waals surface area contributed by atoms with Crippen LogP contribution >= 0.6 is 0 Å². The van der Waals surface area contributed by atoms with Gasteiger partial charge in [0.15, 0.2) is 16.6 Å². The smallest absolute Gasteiger partial charge is 0.309 e. The molecule has 0 bridgehead atoms. The lowest BCUT2D eigenvalue weighted by Crippen LogP contribution is -2.35. The molecule has 0 N–H and O–H groups in total. The Morgan fingerprint density at radius 2 is 1.37 bits per heavy atom. The second kappa shape index (κ2) is 12.2. The van der Waals surface area contributed by atoms with Crippen molar-refractivity contribution in [3.05, 3.63) is 12.2 Å². The molecule has 0 unspecified atom stereocenters. The van der Waals surface area contributed by atoms with E-state index in [0.29, 0.717) is 18.3 Å². The lowest BCUT2D eigenvalue weighted by Gasteiger charge is -2.31. The predicted molar refractivity (Wildman–Crippen MR) is 124 cm³/mol. The molecule has 0 aromatic carbocycles. The largest absolute Gasteiger partial charge is 0.469 e. The Kier molecular flexibility index (Phi) is 11.0. The van der Waals surface area contributed by atoms with E-state index in [1.807, 2.05) is 6.08 Å². The summed E-state index contributed by atoms with van der Waals surface area (Å²) in [5.41, 5.74) is 0. The number of ether oxygens (including phenoxy) is 2. The zero-order valence-electron chi connectivity index (χ0n) is 20.2. The van der Waals surface area contributed by atoms with Gasteiger partial charge in [0.05, 0.1) is 32.8 Å². The molecule has 174 valence electrons. The van der Waals surface area contributed by atoms with Crippen molar-refractivity contribution in [2.45, 2.75) is 90.0 Å². The van der Waals surface area contributed by atoms with E-state index in [1.165, 1.54) is 14.2 Å². The lowest BCUT2D eigenvalue weighted by molar-refractivity contribution is -0.141. The normalized spacial score (nSPS) is 24.9. The van der Waals surface area contributed by atoms with Gasteiger partial charge < -0.3 is 18.3 Å². The third kappa shape index (κ3) is 10.4. The number of methoxy groups -OCH3 is 2. The molecule has 0 saturated heterocycles. The third-order valence-corrected chi connectivity index (χ3v) is 7.23. The van der Waals surface area contributed by atoms with Crippen molar-refractivity contribution in [2.24, 2.45) is 11.8 Å². The second-order valence-electron chi connectivity index (χ2n) is 10.1. The second-order valence-corrected chi connectivity index (χ2v) is 19.0. The zero-order valence-corrected chi connectivity index (χ0v) is 22.2. The van der Waals surface area contributed by atoms with Crippen LogP contribution in [-0.2, 0) is 27.9 Å². The summed E-state index contributed by atoms with van der Waals surface area (Å²) in [5.74, 6) is 0.234. The van der Waals surface area contributed by atoms with E-state index >= 15 is 0 Å². The van der Waals surface area contributed by atoms with Crippen molar-refractivity contribution in [2.75, 3.05) is 14.2 Å². The van der Waals surface area contributed by atoms with Crippen LogP contribution < -0.4 is 0 Å². The Labute approximate surface area is 184 Å². The van der Waals surface area contributed by atoms with Crippen LogP contribution in [0.3, 0.4) is 0 Å². The highest BCUT2D eigenvalue weighted by atomic mass is 28.4. The van der Waals surface area contributed by atoms with Crippen molar-refractivity contribution in [1.29, 1.82) is 0 Å². The Morgan fingerprint density at radius 1 is 0.833 bits per heavy atom. The molecule has 1 fully saturated rings. The molecule has 1 saturated carbocycles. The van der Waals surface area contributed by atoms with Gasteiger partial charge in [0.1, 0.15) is 0 Å². The zero-order chi connectivity index (χ0) is 22.9. The van der Waals surface area contributed by atoms with Crippen LogP contribution in [-0.4, -0.2) is 55.0 Å². The number of hydrogen-bond donors (Lipinski definition) is 0. The summed E-state index contributed by atoms with van der Waals surface area (Å²) in [4.78, 5) is 23.0. The van der Waals surface area contributed by atoms with Gasteiger partial charge in [0.2, 0.25) is 0 Å². The van der Waals surface area contributed by atoms with Crippen LogP contribution in [0.4, 0.5) is 0 Å². The Bertz CT molecular complexity index is 579. The van der Waals surface area contributed by atoms with E-state index in [1.54, 1.807) is 0 Å². The quantitative estimate of drug-likeness (QED) is 0.235. The number of carbonyl (C=O) groups is 2. The highest BCUT2D eigenvalue weighted by molar-refractivity contribution is 6.70. The number of rotatable bonds is 12. The molecule has 1 rings (SSSR count). The standard InChI is InChI=1S/C22H42O6Si2/c1-25-21(23)14-10-9-12-17-18(13-11-15-22(24)26-2)20(28-30(6,7)8)16-19(17)27-29(3,4)5/h9-10,17-20H,11-16H2,1-8H3/b10-9+/t17-,18-,19+,20-/m1/s1. The third-order valence-electron chi connectivity index (χ3n) is 5.21. The first-order valence-electron chi connectivity index (χ1n) is 11.0. The highest BCUT2D eigenvalue weighted by Crippen LogP contribution is 2.43. The van der Waals surface area contributed by atoms with Gasteiger partial charge in [-0.3, -0.25) is 9.59 Å². The minimum absolute atomic E-state index is 0.143. The minimum Gasteiger partial charge on any atom is -0.469 e. The molecule has 0 radical (unpaired) electrons. The number of esters is 2. The van der Waals surface area contributed by atoms with E-state index in [-0.39, 0.29) is 30.6 Å². The van der Waals surface area contributed by atoms with Crippen molar-refractivity contribution in [3.63, 3.8) is 0 Å². The summed E-state index contributed by atoms with van der Waals surface area (Å²) in [5, 5.41) is 0. The molecule has 6 nitrogen and oxygen atoms in total. The Balaban J connectivity index is 3.00. The van der Waals surface area contributed by atoms with Crippen LogP contribution in [0.15, 0.2) is 12.2 Å². The maximum Gasteiger partial charge on any atom is 0.309 e. The van der Waals surface area contributed by atoms with Crippen LogP contribution in [0.2, 0.25) is 39.3 Å². The average Bonchev–Trinajstić information content (AvgIpc) is 2.91.